The maximum absolute atomic E-state index is 5.80. The van der Waals surface area contributed by atoms with Crippen molar-refractivity contribution in [2.24, 2.45) is 0 Å². The molecule has 4 heteroatoms. The lowest BCUT2D eigenvalue weighted by molar-refractivity contribution is 0.0997. The Kier molecular flexibility index (Phi) is 6.04. The second-order valence-electron chi connectivity index (χ2n) is 6.12. The number of thiophene rings is 1. The van der Waals surface area contributed by atoms with Crippen molar-refractivity contribution < 1.29 is 4.74 Å². The molecule has 2 aliphatic heterocycles. The van der Waals surface area contributed by atoms with E-state index < -0.39 is 0 Å². The SMILES string of the molecule is CCCNC(CCC1CCCO1)c1cc2c(s1)CCSC2. The highest BCUT2D eigenvalue weighted by atomic mass is 32.2. The van der Waals surface area contributed by atoms with Crippen LogP contribution in [0.15, 0.2) is 6.07 Å². The maximum atomic E-state index is 5.80. The van der Waals surface area contributed by atoms with Crippen LogP contribution in [0.4, 0.5) is 0 Å². The monoisotopic (exact) mass is 325 g/mol. The van der Waals surface area contributed by atoms with E-state index in [2.05, 4.69) is 41.4 Å². The van der Waals surface area contributed by atoms with Gasteiger partial charge in [0.2, 0.25) is 0 Å². The third-order valence-corrected chi connectivity index (χ3v) is 6.79. The molecule has 0 bridgehead atoms. The fourth-order valence-electron chi connectivity index (χ4n) is 3.23. The quantitative estimate of drug-likeness (QED) is 0.795. The summed E-state index contributed by atoms with van der Waals surface area (Å²) < 4.78 is 5.80. The number of nitrogens with one attached hydrogen (secondary N) is 1. The summed E-state index contributed by atoms with van der Waals surface area (Å²) in [4.78, 5) is 3.21. The van der Waals surface area contributed by atoms with Gasteiger partial charge in [-0.1, -0.05) is 6.92 Å². The predicted octanol–water partition coefficient (Wildman–Crippen LogP) is 4.54. The number of thioether (sulfide) groups is 1. The van der Waals surface area contributed by atoms with Crippen LogP contribution in [0.1, 0.15) is 60.4 Å². The molecule has 1 saturated heterocycles. The van der Waals surface area contributed by atoms with E-state index in [1.54, 1.807) is 15.3 Å². The predicted molar refractivity (Wildman–Crippen MR) is 93.4 cm³/mol. The van der Waals surface area contributed by atoms with Crippen LogP contribution in [0.25, 0.3) is 0 Å². The molecule has 1 aromatic heterocycles. The Morgan fingerprint density at radius 3 is 3.19 bits per heavy atom. The normalized spacial score (nSPS) is 23.2. The first-order valence-corrected chi connectivity index (χ1v) is 10.4. The zero-order chi connectivity index (χ0) is 14.5. The molecule has 2 unspecified atom stereocenters. The minimum absolute atomic E-state index is 0.515. The van der Waals surface area contributed by atoms with Crippen LogP contribution >= 0.6 is 23.1 Å². The first kappa shape index (κ1) is 15.9. The summed E-state index contributed by atoms with van der Waals surface area (Å²) >= 11 is 4.14. The fourth-order valence-corrected chi connectivity index (χ4v) is 5.72. The van der Waals surface area contributed by atoms with Crippen molar-refractivity contribution in [1.29, 1.82) is 0 Å². The highest BCUT2D eigenvalue weighted by molar-refractivity contribution is 7.98. The van der Waals surface area contributed by atoms with E-state index in [0.29, 0.717) is 12.1 Å². The molecule has 3 rings (SSSR count). The Labute approximate surface area is 137 Å². The van der Waals surface area contributed by atoms with E-state index in [4.69, 9.17) is 4.74 Å². The largest absolute Gasteiger partial charge is 0.378 e. The van der Waals surface area contributed by atoms with Crippen molar-refractivity contribution in [3.8, 4) is 0 Å². The third kappa shape index (κ3) is 4.25. The molecular weight excluding hydrogens is 298 g/mol. The molecule has 0 radical (unpaired) electrons. The van der Waals surface area contributed by atoms with Crippen LogP contribution in [0.2, 0.25) is 0 Å². The van der Waals surface area contributed by atoms with Gasteiger partial charge in [-0.3, -0.25) is 0 Å². The van der Waals surface area contributed by atoms with Crippen LogP contribution in [-0.4, -0.2) is 25.0 Å². The highest BCUT2D eigenvalue weighted by Gasteiger charge is 2.22. The highest BCUT2D eigenvalue weighted by Crippen LogP contribution is 2.36. The average molecular weight is 326 g/mol. The Balaban J connectivity index is 1.63. The number of fused-ring (bicyclic) bond motifs is 1. The first-order chi connectivity index (χ1) is 10.4. The van der Waals surface area contributed by atoms with E-state index in [1.165, 1.54) is 50.0 Å². The summed E-state index contributed by atoms with van der Waals surface area (Å²) in [6, 6.07) is 3.02. The molecule has 1 fully saturated rings. The fraction of sp³-hybridized carbons (Fsp3) is 0.765. The number of ether oxygens (including phenoxy) is 1. The summed E-state index contributed by atoms with van der Waals surface area (Å²) in [5, 5.41) is 3.77. The molecule has 3 heterocycles. The Morgan fingerprint density at radius 2 is 2.43 bits per heavy atom. The van der Waals surface area contributed by atoms with Gasteiger partial charge in [0.05, 0.1) is 6.10 Å². The van der Waals surface area contributed by atoms with E-state index in [-0.39, 0.29) is 0 Å². The molecule has 0 saturated carbocycles. The van der Waals surface area contributed by atoms with Crippen molar-refractivity contribution in [3.05, 3.63) is 21.4 Å². The smallest absolute Gasteiger partial charge is 0.0576 e. The van der Waals surface area contributed by atoms with Gasteiger partial charge in [0.15, 0.2) is 0 Å². The van der Waals surface area contributed by atoms with Gasteiger partial charge in [0.25, 0.3) is 0 Å². The third-order valence-electron chi connectivity index (χ3n) is 4.43. The molecular formula is C17H27NOS2. The minimum Gasteiger partial charge on any atom is -0.378 e. The van der Waals surface area contributed by atoms with Crippen molar-refractivity contribution in [2.75, 3.05) is 18.9 Å². The second kappa shape index (κ2) is 8.00. The molecule has 2 aliphatic rings. The van der Waals surface area contributed by atoms with E-state index in [9.17, 15) is 0 Å². The van der Waals surface area contributed by atoms with E-state index in [0.717, 1.165) is 13.2 Å². The lowest BCUT2D eigenvalue weighted by atomic mass is 10.0. The number of hydrogen-bond donors (Lipinski definition) is 1. The van der Waals surface area contributed by atoms with Crippen LogP contribution in [0, 0.1) is 0 Å². The van der Waals surface area contributed by atoms with Crippen molar-refractivity contribution in [3.63, 3.8) is 0 Å². The Morgan fingerprint density at radius 1 is 1.48 bits per heavy atom. The topological polar surface area (TPSA) is 21.3 Å². The van der Waals surface area contributed by atoms with Crippen LogP contribution in [0.3, 0.4) is 0 Å². The zero-order valence-electron chi connectivity index (χ0n) is 13.0. The molecule has 1 N–H and O–H groups in total. The molecule has 0 aliphatic carbocycles. The lowest BCUT2D eigenvalue weighted by Gasteiger charge is -2.19. The van der Waals surface area contributed by atoms with Crippen LogP contribution in [0.5, 0.6) is 0 Å². The van der Waals surface area contributed by atoms with E-state index >= 15 is 0 Å². The van der Waals surface area contributed by atoms with Crippen LogP contribution in [-0.2, 0) is 16.9 Å². The van der Waals surface area contributed by atoms with Gasteiger partial charge < -0.3 is 10.1 Å². The summed E-state index contributed by atoms with van der Waals surface area (Å²) in [6.45, 7) is 4.34. The first-order valence-electron chi connectivity index (χ1n) is 8.41. The second-order valence-corrected chi connectivity index (χ2v) is 8.39. The Bertz CT molecular complexity index is 416. The number of hydrogen-bond acceptors (Lipinski definition) is 4. The average Bonchev–Trinajstić information content (AvgIpc) is 3.16. The van der Waals surface area contributed by atoms with E-state index in [1.807, 2.05) is 0 Å². The molecule has 2 nitrogen and oxygen atoms in total. The molecule has 1 aromatic rings. The standard InChI is InChI=1S/C17H27NOS2/c1-2-8-18-15(6-5-14-4-3-9-19-14)17-11-13-12-20-10-7-16(13)21-17/h11,14-15,18H,2-10,12H2,1H3. The molecule has 0 aromatic carbocycles. The molecule has 21 heavy (non-hydrogen) atoms. The van der Waals surface area contributed by atoms with Gasteiger partial charge in [-0.15, -0.1) is 11.3 Å². The summed E-state index contributed by atoms with van der Waals surface area (Å²) in [5.74, 6) is 2.52. The Hall–Kier alpha value is -0.0300. The van der Waals surface area contributed by atoms with Crippen molar-refractivity contribution >= 4 is 23.1 Å². The molecule has 2 atom stereocenters. The van der Waals surface area contributed by atoms with Crippen molar-refractivity contribution in [1.82, 2.24) is 5.32 Å². The van der Waals surface area contributed by atoms with Crippen molar-refractivity contribution in [2.45, 2.75) is 63.3 Å². The lowest BCUT2D eigenvalue weighted by Crippen LogP contribution is -2.22. The molecule has 118 valence electrons. The number of aryl methyl sites for hydroxylation is 1. The van der Waals surface area contributed by atoms with Gasteiger partial charge in [0, 0.05) is 28.2 Å². The van der Waals surface area contributed by atoms with Crippen LogP contribution < -0.4 is 5.32 Å². The summed E-state index contributed by atoms with van der Waals surface area (Å²) in [5.41, 5.74) is 1.60. The number of rotatable bonds is 7. The van der Waals surface area contributed by atoms with Gasteiger partial charge in [-0.25, -0.2) is 0 Å². The summed E-state index contributed by atoms with van der Waals surface area (Å²) in [7, 11) is 0. The minimum atomic E-state index is 0.515. The van der Waals surface area contributed by atoms with Gasteiger partial charge in [-0.2, -0.15) is 11.8 Å². The zero-order valence-corrected chi connectivity index (χ0v) is 14.7. The molecule has 0 amide bonds. The van der Waals surface area contributed by atoms with Gasteiger partial charge in [0.1, 0.15) is 0 Å². The maximum Gasteiger partial charge on any atom is 0.0576 e. The van der Waals surface area contributed by atoms with Gasteiger partial charge in [-0.05, 0) is 62.5 Å². The van der Waals surface area contributed by atoms with Gasteiger partial charge >= 0.3 is 0 Å². The molecule has 0 spiro atoms. The summed E-state index contributed by atoms with van der Waals surface area (Å²) in [6.07, 6.45) is 7.94.